The van der Waals surface area contributed by atoms with Gasteiger partial charge in [-0.1, -0.05) is 25.1 Å². The maximum atomic E-state index is 12.3. The third-order valence-electron chi connectivity index (χ3n) is 3.18. The standard InChI is InChI=1S/C17H21N3O/c1-4-10-18-16-7-5-6-14(19-16)17(21)20-15-11-12(2)8-9-13(15)3/h5-9,11H,4,10H2,1-3H3,(H,18,19)(H,20,21). The Bertz CT molecular complexity index is 638. The fraction of sp³-hybridized carbons (Fsp3) is 0.294. The maximum Gasteiger partial charge on any atom is 0.274 e. The third-order valence-corrected chi connectivity index (χ3v) is 3.18. The van der Waals surface area contributed by atoms with Crippen LogP contribution in [0.3, 0.4) is 0 Å². The zero-order valence-corrected chi connectivity index (χ0v) is 12.7. The fourth-order valence-corrected chi connectivity index (χ4v) is 1.97. The Hall–Kier alpha value is -2.36. The molecule has 1 amide bonds. The molecule has 2 rings (SSSR count). The number of aryl methyl sites for hydroxylation is 2. The van der Waals surface area contributed by atoms with Crippen molar-refractivity contribution >= 4 is 17.4 Å². The van der Waals surface area contributed by atoms with Gasteiger partial charge in [0.25, 0.3) is 5.91 Å². The molecule has 0 fully saturated rings. The van der Waals surface area contributed by atoms with Crippen molar-refractivity contribution in [1.29, 1.82) is 0 Å². The Labute approximate surface area is 125 Å². The van der Waals surface area contributed by atoms with Crippen LogP contribution < -0.4 is 10.6 Å². The lowest BCUT2D eigenvalue weighted by atomic mass is 10.1. The number of carbonyl (C=O) groups excluding carboxylic acids is 1. The summed E-state index contributed by atoms with van der Waals surface area (Å²) < 4.78 is 0. The van der Waals surface area contributed by atoms with Crippen LogP contribution in [-0.2, 0) is 0 Å². The molecule has 0 bridgehead atoms. The minimum atomic E-state index is -0.191. The zero-order valence-electron chi connectivity index (χ0n) is 12.7. The van der Waals surface area contributed by atoms with Gasteiger partial charge >= 0.3 is 0 Å². The van der Waals surface area contributed by atoms with Crippen LogP contribution in [0.2, 0.25) is 0 Å². The molecule has 4 heteroatoms. The largest absolute Gasteiger partial charge is 0.370 e. The average molecular weight is 283 g/mol. The fourth-order valence-electron chi connectivity index (χ4n) is 1.97. The highest BCUT2D eigenvalue weighted by Gasteiger charge is 2.10. The van der Waals surface area contributed by atoms with Gasteiger partial charge in [0.1, 0.15) is 11.5 Å². The number of nitrogens with one attached hydrogen (secondary N) is 2. The maximum absolute atomic E-state index is 12.3. The Morgan fingerprint density at radius 2 is 2.00 bits per heavy atom. The number of aromatic nitrogens is 1. The molecule has 0 radical (unpaired) electrons. The third kappa shape index (κ3) is 4.05. The topological polar surface area (TPSA) is 54.0 Å². The van der Waals surface area contributed by atoms with E-state index in [0.29, 0.717) is 5.69 Å². The number of benzene rings is 1. The molecular formula is C17H21N3O. The molecule has 4 nitrogen and oxygen atoms in total. The molecule has 2 N–H and O–H groups in total. The van der Waals surface area contributed by atoms with Gasteiger partial charge in [-0.05, 0) is 49.6 Å². The van der Waals surface area contributed by atoms with E-state index in [1.54, 1.807) is 6.07 Å². The highest BCUT2D eigenvalue weighted by molar-refractivity contribution is 6.03. The van der Waals surface area contributed by atoms with Crippen molar-refractivity contribution in [3.8, 4) is 0 Å². The number of hydrogen-bond acceptors (Lipinski definition) is 3. The second-order valence-corrected chi connectivity index (χ2v) is 5.11. The number of nitrogens with zero attached hydrogens (tertiary/aromatic N) is 1. The van der Waals surface area contributed by atoms with E-state index in [9.17, 15) is 4.79 Å². The normalized spacial score (nSPS) is 10.2. The van der Waals surface area contributed by atoms with Crippen LogP contribution in [0, 0.1) is 13.8 Å². The van der Waals surface area contributed by atoms with E-state index in [4.69, 9.17) is 0 Å². The van der Waals surface area contributed by atoms with Crippen LogP contribution in [0.1, 0.15) is 35.0 Å². The Morgan fingerprint density at radius 1 is 1.19 bits per heavy atom. The number of hydrogen-bond donors (Lipinski definition) is 2. The van der Waals surface area contributed by atoms with Crippen molar-refractivity contribution in [1.82, 2.24) is 4.98 Å². The molecule has 0 saturated carbocycles. The van der Waals surface area contributed by atoms with Crippen molar-refractivity contribution in [2.24, 2.45) is 0 Å². The second-order valence-electron chi connectivity index (χ2n) is 5.11. The molecule has 2 aromatic rings. The number of pyridine rings is 1. The van der Waals surface area contributed by atoms with Gasteiger partial charge in [0.15, 0.2) is 0 Å². The first-order chi connectivity index (χ1) is 10.1. The molecule has 1 aromatic heterocycles. The van der Waals surface area contributed by atoms with Crippen molar-refractivity contribution < 1.29 is 4.79 Å². The summed E-state index contributed by atoms with van der Waals surface area (Å²) in [6.07, 6.45) is 1.01. The number of amides is 1. The summed E-state index contributed by atoms with van der Waals surface area (Å²) in [6.45, 7) is 6.91. The molecule has 0 aliphatic rings. The summed E-state index contributed by atoms with van der Waals surface area (Å²) in [5.41, 5.74) is 3.39. The predicted octanol–water partition coefficient (Wildman–Crippen LogP) is 3.77. The molecule has 0 saturated heterocycles. The lowest BCUT2D eigenvalue weighted by Crippen LogP contribution is -2.15. The van der Waals surface area contributed by atoms with E-state index >= 15 is 0 Å². The van der Waals surface area contributed by atoms with E-state index in [1.807, 2.05) is 44.2 Å². The summed E-state index contributed by atoms with van der Waals surface area (Å²) in [6, 6.07) is 11.4. The number of anilines is 2. The molecule has 21 heavy (non-hydrogen) atoms. The van der Waals surface area contributed by atoms with Crippen molar-refractivity contribution in [3.05, 3.63) is 53.2 Å². The van der Waals surface area contributed by atoms with Gasteiger partial charge in [0.2, 0.25) is 0 Å². The minimum absolute atomic E-state index is 0.191. The van der Waals surface area contributed by atoms with Crippen LogP contribution in [0.15, 0.2) is 36.4 Å². The summed E-state index contributed by atoms with van der Waals surface area (Å²) in [4.78, 5) is 16.6. The van der Waals surface area contributed by atoms with E-state index < -0.39 is 0 Å². The summed E-state index contributed by atoms with van der Waals surface area (Å²) in [7, 11) is 0. The SMILES string of the molecule is CCCNc1cccc(C(=O)Nc2cc(C)ccc2C)n1. The molecular weight excluding hydrogens is 262 g/mol. The summed E-state index contributed by atoms with van der Waals surface area (Å²) in [5, 5.41) is 6.10. The Balaban J connectivity index is 2.14. The minimum Gasteiger partial charge on any atom is -0.370 e. The van der Waals surface area contributed by atoms with Gasteiger partial charge in [0, 0.05) is 12.2 Å². The number of rotatable bonds is 5. The molecule has 0 spiro atoms. The highest BCUT2D eigenvalue weighted by Crippen LogP contribution is 2.17. The van der Waals surface area contributed by atoms with Gasteiger partial charge in [-0.25, -0.2) is 4.98 Å². The van der Waals surface area contributed by atoms with Crippen molar-refractivity contribution in [2.75, 3.05) is 17.2 Å². The van der Waals surface area contributed by atoms with Crippen LogP contribution in [0.5, 0.6) is 0 Å². The lowest BCUT2D eigenvalue weighted by Gasteiger charge is -2.10. The van der Waals surface area contributed by atoms with Gasteiger partial charge < -0.3 is 10.6 Å². The molecule has 1 aromatic carbocycles. The molecule has 0 unspecified atom stereocenters. The van der Waals surface area contributed by atoms with Gasteiger partial charge in [-0.2, -0.15) is 0 Å². The monoisotopic (exact) mass is 283 g/mol. The smallest absolute Gasteiger partial charge is 0.274 e. The van der Waals surface area contributed by atoms with Gasteiger partial charge in [-0.15, -0.1) is 0 Å². The first-order valence-corrected chi connectivity index (χ1v) is 7.19. The van der Waals surface area contributed by atoms with Crippen LogP contribution in [-0.4, -0.2) is 17.4 Å². The van der Waals surface area contributed by atoms with E-state index in [0.717, 1.165) is 35.6 Å². The van der Waals surface area contributed by atoms with Crippen molar-refractivity contribution in [2.45, 2.75) is 27.2 Å². The van der Waals surface area contributed by atoms with E-state index in [-0.39, 0.29) is 5.91 Å². The Morgan fingerprint density at radius 3 is 2.76 bits per heavy atom. The molecule has 1 heterocycles. The summed E-state index contributed by atoms with van der Waals surface area (Å²) >= 11 is 0. The second kappa shape index (κ2) is 6.88. The first kappa shape index (κ1) is 15.0. The molecule has 0 aliphatic heterocycles. The summed E-state index contributed by atoms with van der Waals surface area (Å²) in [5.74, 6) is 0.536. The van der Waals surface area contributed by atoms with Gasteiger partial charge in [0.05, 0.1) is 0 Å². The van der Waals surface area contributed by atoms with Gasteiger partial charge in [-0.3, -0.25) is 4.79 Å². The average Bonchev–Trinajstić information content (AvgIpc) is 2.49. The van der Waals surface area contributed by atoms with Crippen LogP contribution >= 0.6 is 0 Å². The number of carbonyl (C=O) groups is 1. The molecule has 0 aliphatic carbocycles. The highest BCUT2D eigenvalue weighted by atomic mass is 16.1. The van der Waals surface area contributed by atoms with E-state index in [1.165, 1.54) is 0 Å². The molecule has 0 atom stereocenters. The lowest BCUT2D eigenvalue weighted by molar-refractivity contribution is 0.102. The quantitative estimate of drug-likeness (QED) is 0.878. The van der Waals surface area contributed by atoms with Crippen molar-refractivity contribution in [3.63, 3.8) is 0 Å². The van der Waals surface area contributed by atoms with E-state index in [2.05, 4.69) is 22.5 Å². The zero-order chi connectivity index (χ0) is 15.2. The predicted molar refractivity (Wildman–Crippen MR) is 86.9 cm³/mol. The first-order valence-electron chi connectivity index (χ1n) is 7.19. The Kier molecular flexibility index (Phi) is 4.93. The van der Waals surface area contributed by atoms with Crippen LogP contribution in [0.4, 0.5) is 11.5 Å². The van der Waals surface area contributed by atoms with Crippen LogP contribution in [0.25, 0.3) is 0 Å². The molecule has 110 valence electrons.